The highest BCUT2D eigenvalue weighted by atomic mass is 19.2. The fourth-order valence-corrected chi connectivity index (χ4v) is 7.89. The molecule has 462 valence electrons. The summed E-state index contributed by atoms with van der Waals surface area (Å²) >= 11 is 0. The van der Waals surface area contributed by atoms with Crippen molar-refractivity contribution in [2.75, 3.05) is 49.1 Å². The second kappa shape index (κ2) is 33.8. The van der Waals surface area contributed by atoms with Crippen molar-refractivity contribution >= 4 is 35.6 Å². The first-order valence-corrected chi connectivity index (χ1v) is 26.4. The monoisotopic (exact) mass is 1210 g/mol. The fraction of sp³-hybridized carbons (Fsp3) is 0.239. The third-order valence-electron chi connectivity index (χ3n) is 12.3. The Morgan fingerprint density at radius 2 is 0.747 bits per heavy atom. The highest BCUT2D eigenvalue weighted by molar-refractivity contribution is 6.12. The number of allylic oxidation sites excluding steroid dienone is 9. The van der Waals surface area contributed by atoms with E-state index in [1.165, 1.54) is 90.2 Å². The number of rotatable bonds is 24. The summed E-state index contributed by atoms with van der Waals surface area (Å²) in [6.45, 7) is 11.1. The quantitative estimate of drug-likeness (QED) is 0.0147. The Labute approximate surface area is 500 Å². The van der Waals surface area contributed by atoms with Crippen molar-refractivity contribution in [2.24, 2.45) is 0 Å². The molecule has 0 aliphatic heterocycles. The molecule has 0 aliphatic rings. The average Bonchev–Trinajstić information content (AvgIpc) is 1.22. The molecule has 20 heteroatoms. The second-order valence-corrected chi connectivity index (χ2v) is 19.5. The Kier molecular flexibility index (Phi) is 27.2. The molecule has 0 bridgehead atoms. The molecule has 0 aliphatic carbocycles. The van der Waals surface area contributed by atoms with Gasteiger partial charge in [0, 0.05) is 84.0 Å². The highest BCUT2D eigenvalue weighted by Gasteiger charge is 2.26. The Bertz CT molecular complexity index is 3600. The summed E-state index contributed by atoms with van der Waals surface area (Å²) < 4.78 is 117. The van der Waals surface area contributed by atoms with Gasteiger partial charge in [-0.3, -0.25) is 14.4 Å². The number of carbonyl (C=O) groups excluding carboxylic acids is 3. The van der Waals surface area contributed by atoms with Crippen molar-refractivity contribution in [1.82, 2.24) is 0 Å². The van der Waals surface area contributed by atoms with Gasteiger partial charge in [0.2, 0.25) is 0 Å². The molecule has 0 spiro atoms. The topological polar surface area (TPSA) is 197 Å². The summed E-state index contributed by atoms with van der Waals surface area (Å²) in [5, 5.41) is 41.9. The SMILES string of the molecule is COCOc1c(CC=C(C)C)c(O)cc(OC)c1C(=O)/C=C/c1ccc(F)cc1F.COCOc1cc(OC)c(C(=O)/C=C/c2ccc(F)cc2F)c(O)c1CC=C(C)C.COc1cc(O)c(CC=C(C)C)c(O)c1C(=O)/C=C/c1ccc(F)cc1F. The number of ketones is 3. The third kappa shape index (κ3) is 20.0. The summed E-state index contributed by atoms with van der Waals surface area (Å²) in [4.78, 5) is 38.4. The van der Waals surface area contributed by atoms with Gasteiger partial charge in [-0.1, -0.05) is 34.9 Å². The van der Waals surface area contributed by atoms with Crippen LogP contribution in [0.2, 0.25) is 0 Å². The standard InChI is InChI=1S/2C23H24F2O5.C21H20F2O4/c1-14(2)5-9-17-20(30-13-28-3)12-21(29-4)22(23(17)27)19(26)10-7-15-6-8-16(24)11-18(15)25;1-14(2)5-9-17-20(27)12-21(29-4)22(23(17)30-13-28-3)19(26)10-7-15-6-8-16(24)11-18(15)25;1-12(2)4-8-15-18(25)11-19(27-3)20(21(15)26)17(24)9-6-13-5-7-14(22)10-16(13)23/h2*5-8,10-12,27H,9,13H2,1-4H3;4-7,9-11,25-26H,8H2,1-3H3/b2*10-7+;9-6+. The predicted molar refractivity (Wildman–Crippen MR) is 319 cm³/mol. The Morgan fingerprint density at radius 3 is 1.13 bits per heavy atom. The maximum atomic E-state index is 13.9. The summed E-state index contributed by atoms with van der Waals surface area (Å²) in [5.74, 6) is -6.77. The van der Waals surface area contributed by atoms with Crippen LogP contribution >= 0.6 is 0 Å². The molecule has 14 nitrogen and oxygen atoms in total. The lowest BCUT2D eigenvalue weighted by Gasteiger charge is -2.18. The summed E-state index contributed by atoms with van der Waals surface area (Å²) in [5.41, 5.74) is 3.90. The van der Waals surface area contributed by atoms with Crippen LogP contribution < -0.4 is 23.7 Å². The molecule has 6 aromatic rings. The number of methoxy groups -OCH3 is 5. The van der Waals surface area contributed by atoms with Crippen molar-refractivity contribution in [3.63, 3.8) is 0 Å². The zero-order chi connectivity index (χ0) is 64.7. The predicted octanol–water partition coefficient (Wildman–Crippen LogP) is 14.9. The Morgan fingerprint density at radius 1 is 0.414 bits per heavy atom. The molecule has 0 fully saturated rings. The van der Waals surface area contributed by atoms with E-state index in [1.807, 2.05) is 53.7 Å². The molecular formula is C67H68F6O14. The molecule has 6 rings (SSSR count). The zero-order valence-electron chi connectivity index (χ0n) is 49.8. The molecule has 4 N–H and O–H groups in total. The first-order chi connectivity index (χ1) is 41.3. The summed E-state index contributed by atoms with van der Waals surface area (Å²) in [6.07, 6.45) is 13.3. The lowest BCUT2D eigenvalue weighted by molar-refractivity contribution is 0.0493. The number of phenols is 4. The average molecular weight is 1210 g/mol. The molecule has 0 aromatic heterocycles. The minimum absolute atomic E-state index is 0.0137. The molecule has 0 atom stereocenters. The van der Waals surface area contributed by atoms with E-state index in [0.29, 0.717) is 35.8 Å². The number of benzene rings is 6. The van der Waals surface area contributed by atoms with Crippen molar-refractivity contribution in [3.8, 4) is 51.7 Å². The van der Waals surface area contributed by atoms with E-state index in [1.54, 1.807) is 6.08 Å². The molecule has 6 aromatic carbocycles. The number of hydrogen-bond donors (Lipinski definition) is 4. The first kappa shape index (κ1) is 70.0. The Hall–Kier alpha value is -9.53. The minimum Gasteiger partial charge on any atom is -0.507 e. The van der Waals surface area contributed by atoms with Crippen molar-refractivity contribution in [3.05, 3.63) is 211 Å². The first-order valence-electron chi connectivity index (χ1n) is 26.4. The van der Waals surface area contributed by atoms with Gasteiger partial charge in [0.1, 0.15) is 103 Å². The number of aromatic hydroxyl groups is 4. The lowest BCUT2D eigenvalue weighted by atomic mass is 9.99. The molecule has 0 radical (unpaired) electrons. The van der Waals surface area contributed by atoms with Gasteiger partial charge < -0.3 is 53.6 Å². The van der Waals surface area contributed by atoms with Gasteiger partial charge in [0.05, 0.1) is 21.3 Å². The van der Waals surface area contributed by atoms with E-state index < -0.39 is 58.0 Å². The van der Waals surface area contributed by atoms with Crippen LogP contribution in [0.4, 0.5) is 26.3 Å². The Balaban J connectivity index is 0.000000280. The normalized spacial score (nSPS) is 10.9. The van der Waals surface area contributed by atoms with Crippen molar-refractivity contribution in [2.45, 2.75) is 60.8 Å². The summed E-state index contributed by atoms with van der Waals surface area (Å²) in [6, 6.07) is 13.1. The van der Waals surface area contributed by atoms with Crippen molar-refractivity contribution < 1.29 is 94.3 Å². The fourth-order valence-electron chi connectivity index (χ4n) is 7.89. The van der Waals surface area contributed by atoms with Gasteiger partial charge in [0.25, 0.3) is 0 Å². The van der Waals surface area contributed by atoms with Crippen LogP contribution in [0.25, 0.3) is 18.2 Å². The number of carbonyl (C=O) groups is 3. The van der Waals surface area contributed by atoms with E-state index in [9.17, 15) is 61.2 Å². The maximum absolute atomic E-state index is 13.9. The molecular weight excluding hydrogens is 1140 g/mol. The number of ether oxygens (including phenoxy) is 7. The maximum Gasteiger partial charge on any atom is 0.193 e. The van der Waals surface area contributed by atoms with Gasteiger partial charge >= 0.3 is 0 Å². The van der Waals surface area contributed by atoms with Crippen LogP contribution in [0, 0.1) is 34.9 Å². The van der Waals surface area contributed by atoms with Gasteiger partial charge in [-0.05, 0) is 134 Å². The molecule has 0 amide bonds. The summed E-state index contributed by atoms with van der Waals surface area (Å²) in [7, 11) is 6.89. The molecule has 87 heavy (non-hydrogen) atoms. The van der Waals surface area contributed by atoms with E-state index >= 15 is 0 Å². The lowest BCUT2D eigenvalue weighted by Crippen LogP contribution is -2.09. The van der Waals surface area contributed by atoms with Crippen LogP contribution in [-0.4, -0.2) is 86.9 Å². The number of phenolic OH excluding ortho intramolecular Hbond substituents is 4. The van der Waals surface area contributed by atoms with E-state index in [4.69, 9.17) is 33.2 Å². The number of halogens is 6. The van der Waals surface area contributed by atoms with Gasteiger partial charge in [-0.2, -0.15) is 0 Å². The van der Waals surface area contributed by atoms with Crippen LogP contribution in [0.3, 0.4) is 0 Å². The third-order valence-corrected chi connectivity index (χ3v) is 12.3. The van der Waals surface area contributed by atoms with Crippen LogP contribution in [-0.2, 0) is 28.7 Å². The van der Waals surface area contributed by atoms with Crippen LogP contribution in [0.5, 0.6) is 51.7 Å². The molecule has 0 unspecified atom stereocenters. The van der Waals surface area contributed by atoms with E-state index in [0.717, 1.165) is 65.3 Å². The smallest absolute Gasteiger partial charge is 0.193 e. The molecule has 0 saturated heterocycles. The highest BCUT2D eigenvalue weighted by Crippen LogP contribution is 2.43. The van der Waals surface area contributed by atoms with Crippen LogP contribution in [0.15, 0.2) is 126 Å². The van der Waals surface area contributed by atoms with E-state index in [2.05, 4.69) is 0 Å². The van der Waals surface area contributed by atoms with Crippen LogP contribution in [0.1, 0.15) is 106 Å². The van der Waals surface area contributed by atoms with Gasteiger partial charge in [-0.25, -0.2) is 26.3 Å². The number of hydrogen-bond acceptors (Lipinski definition) is 14. The van der Waals surface area contributed by atoms with Gasteiger partial charge in [0.15, 0.2) is 30.9 Å². The van der Waals surface area contributed by atoms with Gasteiger partial charge in [-0.15, -0.1) is 0 Å². The minimum atomic E-state index is -0.815. The molecule has 0 saturated carbocycles. The second-order valence-electron chi connectivity index (χ2n) is 19.5. The van der Waals surface area contributed by atoms with E-state index in [-0.39, 0.29) is 99.2 Å². The largest absolute Gasteiger partial charge is 0.507 e. The zero-order valence-corrected chi connectivity index (χ0v) is 49.8. The van der Waals surface area contributed by atoms with Crippen molar-refractivity contribution in [1.29, 1.82) is 0 Å². The molecule has 0 heterocycles.